The average molecular weight is 371 g/mol. The van der Waals surface area contributed by atoms with Crippen molar-refractivity contribution in [1.82, 2.24) is 4.98 Å². The Bertz CT molecular complexity index is 777. The highest BCUT2D eigenvalue weighted by Crippen LogP contribution is 2.56. The maximum Gasteiger partial charge on any atom is 0.310 e. The van der Waals surface area contributed by atoms with Crippen LogP contribution >= 0.6 is 0 Å². The largest absolute Gasteiger partial charge is 0.454 e. The highest BCUT2D eigenvalue weighted by Gasteiger charge is 2.51. The number of carbonyl (C=O) groups is 3. The molecule has 4 bridgehead atoms. The van der Waals surface area contributed by atoms with E-state index in [0.717, 1.165) is 37.5 Å². The lowest BCUT2D eigenvalue weighted by Gasteiger charge is -2.53. The number of aromatic nitrogens is 1. The number of aryl methyl sites for hydroxylation is 1. The van der Waals surface area contributed by atoms with Crippen molar-refractivity contribution in [3.63, 3.8) is 0 Å². The lowest BCUT2D eigenvalue weighted by atomic mass is 9.52. The number of rotatable bonds is 5. The molecule has 5 rings (SSSR count). The van der Waals surface area contributed by atoms with Crippen LogP contribution in [-0.4, -0.2) is 28.6 Å². The lowest BCUT2D eigenvalue weighted by Crippen LogP contribution is -2.49. The molecule has 0 amide bonds. The maximum atomic E-state index is 12.9. The first-order valence-corrected chi connectivity index (χ1v) is 10.2. The Kier molecular flexibility index (Phi) is 4.52. The molecule has 0 aromatic carbocycles. The summed E-state index contributed by atoms with van der Waals surface area (Å²) >= 11 is 0. The third-order valence-corrected chi connectivity index (χ3v) is 7.20. The van der Waals surface area contributed by atoms with Crippen molar-refractivity contribution in [3.8, 4) is 0 Å². The molecule has 0 aliphatic heterocycles. The minimum Gasteiger partial charge on any atom is -0.454 e. The van der Waals surface area contributed by atoms with Crippen molar-refractivity contribution in [1.29, 1.82) is 0 Å². The second-order valence-corrected chi connectivity index (χ2v) is 9.08. The number of carbonyl (C=O) groups excluding carboxylic acids is 3. The normalized spacial score (nSPS) is 32.4. The van der Waals surface area contributed by atoms with Crippen molar-refractivity contribution in [2.24, 2.45) is 29.6 Å². The fourth-order valence-electron chi connectivity index (χ4n) is 6.34. The van der Waals surface area contributed by atoms with E-state index in [2.05, 4.69) is 4.98 Å². The zero-order chi connectivity index (χ0) is 19.5. The van der Waals surface area contributed by atoms with E-state index in [-0.39, 0.29) is 23.5 Å². The molecule has 1 aromatic heterocycles. The fourth-order valence-corrected chi connectivity index (χ4v) is 6.34. The Labute approximate surface area is 160 Å². The zero-order valence-electron chi connectivity index (χ0n) is 16.6. The quantitative estimate of drug-likeness (QED) is 0.626. The second kappa shape index (κ2) is 6.61. The van der Waals surface area contributed by atoms with E-state index in [9.17, 15) is 14.4 Å². The summed E-state index contributed by atoms with van der Waals surface area (Å²) in [5.74, 6) is 1.91. The standard InChI is InChI=1S/C22H29NO4/c1-10-18(12(3)24)11(2)23-20(10)21(25)13(4)27-22(26)19-16-6-14-5-15(8-16)9-17(19)7-14/h13-17,19,23H,5-9H2,1-4H3/t13-,14?,15?,16?,17?,19?/m0/s1. The number of hydrogen-bond acceptors (Lipinski definition) is 4. The van der Waals surface area contributed by atoms with E-state index in [1.807, 2.05) is 0 Å². The molecule has 5 heteroatoms. The molecule has 4 aliphatic carbocycles. The first-order chi connectivity index (χ1) is 12.8. The van der Waals surface area contributed by atoms with Gasteiger partial charge in [-0.05, 0) is 89.0 Å². The Morgan fingerprint density at radius 2 is 1.56 bits per heavy atom. The van der Waals surface area contributed by atoms with E-state index in [1.165, 1.54) is 13.3 Å². The highest BCUT2D eigenvalue weighted by atomic mass is 16.5. The molecule has 1 atom stereocenters. The summed E-state index contributed by atoms with van der Waals surface area (Å²) in [4.78, 5) is 40.6. The predicted molar refractivity (Wildman–Crippen MR) is 101 cm³/mol. The molecule has 146 valence electrons. The Balaban J connectivity index is 1.47. The number of nitrogens with one attached hydrogen (secondary N) is 1. The van der Waals surface area contributed by atoms with Crippen molar-refractivity contribution in [3.05, 3.63) is 22.5 Å². The number of aromatic amines is 1. The van der Waals surface area contributed by atoms with Crippen molar-refractivity contribution in [2.75, 3.05) is 0 Å². The minimum absolute atomic E-state index is 0.0349. The van der Waals surface area contributed by atoms with Gasteiger partial charge in [-0.15, -0.1) is 0 Å². The van der Waals surface area contributed by atoms with Gasteiger partial charge in [0.25, 0.3) is 0 Å². The molecule has 4 aliphatic rings. The summed E-state index contributed by atoms with van der Waals surface area (Å²) in [5, 5.41) is 0. The number of ether oxygens (including phenoxy) is 1. The molecule has 4 fully saturated rings. The predicted octanol–water partition coefficient (Wildman–Crippen LogP) is 4.02. The SMILES string of the molecule is CC(=O)c1c(C)[nH]c(C(=O)[C@H](C)OC(=O)C2C3CC4CC(C3)CC2C4)c1C. The van der Waals surface area contributed by atoms with Crippen molar-refractivity contribution >= 4 is 17.5 Å². The number of ketones is 2. The third kappa shape index (κ3) is 3.05. The van der Waals surface area contributed by atoms with Crippen molar-refractivity contribution in [2.45, 2.75) is 65.9 Å². The van der Waals surface area contributed by atoms with Gasteiger partial charge in [-0.3, -0.25) is 14.4 Å². The summed E-state index contributed by atoms with van der Waals surface area (Å²) in [6, 6.07) is 0. The van der Waals surface area contributed by atoms with Crippen LogP contribution in [0, 0.1) is 43.4 Å². The first kappa shape index (κ1) is 18.5. The second-order valence-electron chi connectivity index (χ2n) is 9.08. The average Bonchev–Trinajstić information content (AvgIpc) is 2.87. The van der Waals surface area contributed by atoms with E-state index >= 15 is 0 Å². The van der Waals surface area contributed by atoms with Gasteiger partial charge >= 0.3 is 5.97 Å². The van der Waals surface area contributed by atoms with E-state index in [1.54, 1.807) is 20.8 Å². The monoisotopic (exact) mass is 371 g/mol. The number of esters is 1. The molecule has 1 N–H and O–H groups in total. The summed E-state index contributed by atoms with van der Waals surface area (Å²) < 4.78 is 5.66. The maximum absolute atomic E-state index is 12.9. The van der Waals surface area contributed by atoms with E-state index in [4.69, 9.17) is 4.74 Å². The van der Waals surface area contributed by atoms with E-state index < -0.39 is 6.10 Å². The van der Waals surface area contributed by atoms with Crippen LogP contribution in [0.1, 0.15) is 78.1 Å². The van der Waals surface area contributed by atoms with Gasteiger partial charge in [-0.2, -0.15) is 0 Å². The van der Waals surface area contributed by atoms with Crippen LogP contribution in [-0.2, 0) is 9.53 Å². The third-order valence-electron chi connectivity index (χ3n) is 7.20. The van der Waals surface area contributed by atoms with Gasteiger partial charge in [0.1, 0.15) is 0 Å². The van der Waals surface area contributed by atoms with E-state index in [0.29, 0.717) is 34.4 Å². The molecule has 5 nitrogen and oxygen atoms in total. The minimum atomic E-state index is -0.841. The first-order valence-electron chi connectivity index (χ1n) is 10.2. The van der Waals surface area contributed by atoms with Gasteiger partial charge in [0.05, 0.1) is 11.6 Å². The Hall–Kier alpha value is -1.91. The summed E-state index contributed by atoms with van der Waals surface area (Å²) in [5.41, 5.74) is 2.26. The van der Waals surface area contributed by atoms with Crippen molar-refractivity contribution < 1.29 is 19.1 Å². The highest BCUT2D eigenvalue weighted by molar-refractivity contribution is 6.05. The van der Waals surface area contributed by atoms with Gasteiger partial charge in [0.15, 0.2) is 11.9 Å². The molecule has 0 saturated heterocycles. The fraction of sp³-hybridized carbons (Fsp3) is 0.682. The van der Waals surface area contributed by atoms with Gasteiger partial charge < -0.3 is 9.72 Å². The Morgan fingerprint density at radius 1 is 1.00 bits per heavy atom. The van der Waals surface area contributed by atoms with Crippen LogP contribution in [0.25, 0.3) is 0 Å². The van der Waals surface area contributed by atoms with Crippen LogP contribution in [0.2, 0.25) is 0 Å². The summed E-state index contributed by atoms with van der Waals surface area (Å²) in [6.07, 6.45) is 5.08. The number of H-pyrrole nitrogens is 1. The molecule has 27 heavy (non-hydrogen) atoms. The molecular weight excluding hydrogens is 342 g/mol. The molecular formula is C22H29NO4. The number of Topliss-reactive ketones (excluding diaryl/α,β-unsaturated/α-hetero) is 2. The summed E-state index contributed by atoms with van der Waals surface area (Å²) in [7, 11) is 0. The van der Waals surface area contributed by atoms with Gasteiger partial charge in [0.2, 0.25) is 5.78 Å². The molecule has 1 aromatic rings. The van der Waals surface area contributed by atoms with Crippen LogP contribution < -0.4 is 0 Å². The Morgan fingerprint density at radius 3 is 2.04 bits per heavy atom. The summed E-state index contributed by atoms with van der Waals surface area (Å²) in [6.45, 7) is 6.68. The van der Waals surface area contributed by atoms with Crippen LogP contribution in [0.5, 0.6) is 0 Å². The van der Waals surface area contributed by atoms with Gasteiger partial charge in [-0.1, -0.05) is 0 Å². The van der Waals surface area contributed by atoms with Gasteiger partial charge in [-0.25, -0.2) is 0 Å². The molecule has 1 heterocycles. The van der Waals surface area contributed by atoms with Crippen LogP contribution in [0.4, 0.5) is 0 Å². The van der Waals surface area contributed by atoms with Gasteiger partial charge in [0, 0.05) is 11.3 Å². The lowest BCUT2D eigenvalue weighted by molar-refractivity contribution is -0.165. The molecule has 0 spiro atoms. The molecule has 0 unspecified atom stereocenters. The smallest absolute Gasteiger partial charge is 0.310 e. The topological polar surface area (TPSA) is 76.2 Å². The zero-order valence-corrected chi connectivity index (χ0v) is 16.6. The van der Waals surface area contributed by atoms with Crippen LogP contribution in [0.3, 0.4) is 0 Å². The molecule has 4 saturated carbocycles. The number of hydrogen-bond donors (Lipinski definition) is 1. The molecule has 0 radical (unpaired) electrons. The van der Waals surface area contributed by atoms with Crippen LogP contribution in [0.15, 0.2) is 0 Å².